The van der Waals surface area contributed by atoms with E-state index in [0.29, 0.717) is 12.6 Å². The lowest BCUT2D eigenvalue weighted by Gasteiger charge is -2.13. The molecule has 2 aromatic rings. The molecule has 110 valence electrons. The van der Waals surface area contributed by atoms with Gasteiger partial charge in [0.25, 0.3) is 0 Å². The third-order valence-electron chi connectivity index (χ3n) is 2.53. The number of pyridine rings is 1. The Morgan fingerprint density at radius 1 is 1.35 bits per heavy atom. The predicted octanol–water partition coefficient (Wildman–Crippen LogP) is 1.81. The highest BCUT2D eigenvalue weighted by Crippen LogP contribution is 2.03. The maximum atomic E-state index is 4.52. The summed E-state index contributed by atoms with van der Waals surface area (Å²) < 4.78 is 1.95. The normalized spacial score (nSPS) is 11.5. The molecule has 0 aliphatic heterocycles. The fourth-order valence-corrected chi connectivity index (χ4v) is 1.74. The molecule has 0 saturated carbocycles. The molecule has 0 fully saturated rings. The van der Waals surface area contributed by atoms with Crippen LogP contribution in [0, 0.1) is 0 Å². The van der Waals surface area contributed by atoms with E-state index in [4.69, 9.17) is 0 Å². The van der Waals surface area contributed by atoms with E-state index in [1.165, 1.54) is 0 Å². The Kier molecular flexibility index (Phi) is 6.69. The first-order chi connectivity index (χ1) is 9.20. The molecule has 2 rings (SSSR count). The Labute approximate surface area is 136 Å². The van der Waals surface area contributed by atoms with Crippen molar-refractivity contribution in [2.45, 2.75) is 33.4 Å². The van der Waals surface area contributed by atoms with E-state index in [1.807, 2.05) is 35.7 Å². The minimum Gasteiger partial charge on any atom is -0.357 e. The van der Waals surface area contributed by atoms with Crippen molar-refractivity contribution in [2.24, 2.45) is 4.99 Å². The highest BCUT2D eigenvalue weighted by atomic mass is 127. The van der Waals surface area contributed by atoms with Gasteiger partial charge in [-0.25, -0.2) is 4.99 Å². The van der Waals surface area contributed by atoms with E-state index in [1.54, 1.807) is 0 Å². The zero-order valence-corrected chi connectivity index (χ0v) is 14.3. The van der Waals surface area contributed by atoms with Crippen molar-refractivity contribution >= 4 is 35.6 Å². The van der Waals surface area contributed by atoms with Crippen LogP contribution in [0.25, 0.3) is 5.65 Å². The maximum Gasteiger partial charge on any atom is 0.191 e. The van der Waals surface area contributed by atoms with Gasteiger partial charge in [-0.15, -0.1) is 34.2 Å². The molecule has 2 N–H and O–H groups in total. The van der Waals surface area contributed by atoms with E-state index >= 15 is 0 Å². The number of nitrogens with zero attached hydrogens (tertiary/aromatic N) is 4. The van der Waals surface area contributed by atoms with Gasteiger partial charge in [-0.1, -0.05) is 6.07 Å². The molecular formula is C13H21IN6. The zero-order chi connectivity index (χ0) is 13.7. The Morgan fingerprint density at radius 2 is 2.15 bits per heavy atom. The van der Waals surface area contributed by atoms with Crippen molar-refractivity contribution in [3.8, 4) is 0 Å². The SMILES string of the molecule is CCNC(=NCc1nnc2ccccn12)NC(C)C.I. The van der Waals surface area contributed by atoms with Crippen LogP contribution in [-0.2, 0) is 6.54 Å². The van der Waals surface area contributed by atoms with Gasteiger partial charge in [0, 0.05) is 18.8 Å². The number of hydrogen-bond donors (Lipinski definition) is 2. The summed E-state index contributed by atoms with van der Waals surface area (Å²) in [6.45, 7) is 7.54. The molecule has 0 atom stereocenters. The Morgan fingerprint density at radius 3 is 2.85 bits per heavy atom. The lowest BCUT2D eigenvalue weighted by atomic mass is 10.4. The summed E-state index contributed by atoms with van der Waals surface area (Å²) in [5, 5.41) is 14.7. The molecule has 0 spiro atoms. The fraction of sp³-hybridized carbons (Fsp3) is 0.462. The van der Waals surface area contributed by atoms with Gasteiger partial charge in [-0.2, -0.15) is 0 Å². The fourth-order valence-electron chi connectivity index (χ4n) is 1.74. The molecule has 7 heteroatoms. The summed E-state index contributed by atoms with van der Waals surface area (Å²) >= 11 is 0. The van der Waals surface area contributed by atoms with Crippen LogP contribution < -0.4 is 10.6 Å². The van der Waals surface area contributed by atoms with Crippen molar-refractivity contribution in [3.63, 3.8) is 0 Å². The van der Waals surface area contributed by atoms with Crippen LogP contribution in [-0.4, -0.2) is 33.1 Å². The van der Waals surface area contributed by atoms with Gasteiger partial charge in [0.2, 0.25) is 0 Å². The van der Waals surface area contributed by atoms with Gasteiger partial charge < -0.3 is 10.6 Å². The molecule has 0 saturated heterocycles. The summed E-state index contributed by atoms with van der Waals surface area (Å²) in [4.78, 5) is 4.52. The molecule has 0 amide bonds. The van der Waals surface area contributed by atoms with E-state index < -0.39 is 0 Å². The first-order valence-corrected chi connectivity index (χ1v) is 6.54. The lowest BCUT2D eigenvalue weighted by molar-refractivity contribution is 0.698. The van der Waals surface area contributed by atoms with Crippen LogP contribution in [0.1, 0.15) is 26.6 Å². The second kappa shape index (κ2) is 8.03. The molecule has 0 aliphatic rings. The maximum absolute atomic E-state index is 4.52. The van der Waals surface area contributed by atoms with E-state index in [2.05, 4.69) is 39.7 Å². The quantitative estimate of drug-likeness (QED) is 0.477. The lowest BCUT2D eigenvalue weighted by Crippen LogP contribution is -2.41. The standard InChI is InChI=1S/C13H20N6.HI/c1-4-14-13(16-10(2)3)15-9-12-18-17-11-7-5-6-8-19(11)12;/h5-8,10H,4,9H2,1-3H3,(H2,14,15,16);1H. The number of aromatic nitrogens is 3. The zero-order valence-electron chi connectivity index (χ0n) is 12.0. The van der Waals surface area contributed by atoms with Crippen molar-refractivity contribution in [1.82, 2.24) is 25.2 Å². The number of hydrogen-bond acceptors (Lipinski definition) is 3. The highest BCUT2D eigenvalue weighted by molar-refractivity contribution is 14.0. The summed E-state index contributed by atoms with van der Waals surface area (Å²) in [5.74, 6) is 1.63. The number of nitrogens with one attached hydrogen (secondary N) is 2. The molecule has 0 unspecified atom stereocenters. The molecule has 0 aliphatic carbocycles. The number of halogens is 1. The smallest absolute Gasteiger partial charge is 0.191 e. The van der Waals surface area contributed by atoms with E-state index in [9.17, 15) is 0 Å². The topological polar surface area (TPSA) is 66.6 Å². The largest absolute Gasteiger partial charge is 0.357 e. The average molecular weight is 388 g/mol. The minimum absolute atomic E-state index is 0. The van der Waals surface area contributed by atoms with Crippen molar-refractivity contribution in [3.05, 3.63) is 30.2 Å². The van der Waals surface area contributed by atoms with Crippen molar-refractivity contribution in [2.75, 3.05) is 6.54 Å². The number of rotatable bonds is 4. The third-order valence-corrected chi connectivity index (χ3v) is 2.53. The molecule has 0 aromatic carbocycles. The van der Waals surface area contributed by atoms with Gasteiger partial charge in [0.05, 0.1) is 0 Å². The van der Waals surface area contributed by atoms with Gasteiger partial charge in [-0.05, 0) is 32.9 Å². The monoisotopic (exact) mass is 388 g/mol. The predicted molar refractivity (Wildman–Crippen MR) is 91.5 cm³/mol. The van der Waals surface area contributed by atoms with E-state index in [-0.39, 0.29) is 24.0 Å². The Balaban J connectivity index is 0.00000200. The number of guanidine groups is 1. The third kappa shape index (κ3) is 4.32. The molecule has 0 radical (unpaired) electrons. The van der Waals surface area contributed by atoms with Gasteiger partial charge in [-0.3, -0.25) is 4.40 Å². The first-order valence-electron chi connectivity index (χ1n) is 6.54. The Bertz CT molecular complexity index is 563. The minimum atomic E-state index is 0. The molecule has 6 nitrogen and oxygen atoms in total. The molecule has 20 heavy (non-hydrogen) atoms. The van der Waals surface area contributed by atoms with Crippen LogP contribution in [0.2, 0.25) is 0 Å². The Hall–Kier alpha value is -1.38. The summed E-state index contributed by atoms with van der Waals surface area (Å²) in [5.41, 5.74) is 0.842. The first kappa shape index (κ1) is 16.7. The van der Waals surface area contributed by atoms with Crippen LogP contribution >= 0.6 is 24.0 Å². The van der Waals surface area contributed by atoms with Crippen molar-refractivity contribution < 1.29 is 0 Å². The van der Waals surface area contributed by atoms with Gasteiger partial charge >= 0.3 is 0 Å². The molecule has 2 aromatic heterocycles. The number of fused-ring (bicyclic) bond motifs is 1. The van der Waals surface area contributed by atoms with Crippen LogP contribution in [0.4, 0.5) is 0 Å². The highest BCUT2D eigenvalue weighted by Gasteiger charge is 2.05. The van der Waals surface area contributed by atoms with Crippen LogP contribution in [0.15, 0.2) is 29.4 Å². The van der Waals surface area contributed by atoms with Crippen LogP contribution in [0.5, 0.6) is 0 Å². The molecule has 2 heterocycles. The summed E-state index contributed by atoms with van der Waals surface area (Å²) in [6, 6.07) is 6.17. The summed E-state index contributed by atoms with van der Waals surface area (Å²) in [7, 11) is 0. The second-order valence-electron chi connectivity index (χ2n) is 4.54. The summed E-state index contributed by atoms with van der Waals surface area (Å²) in [6.07, 6.45) is 1.95. The van der Waals surface area contributed by atoms with Gasteiger partial charge in [0.1, 0.15) is 6.54 Å². The van der Waals surface area contributed by atoms with Gasteiger partial charge in [0.15, 0.2) is 17.4 Å². The van der Waals surface area contributed by atoms with Crippen molar-refractivity contribution in [1.29, 1.82) is 0 Å². The molecular weight excluding hydrogens is 367 g/mol. The second-order valence-corrected chi connectivity index (χ2v) is 4.54. The average Bonchev–Trinajstić information content (AvgIpc) is 2.79. The van der Waals surface area contributed by atoms with E-state index in [0.717, 1.165) is 24.0 Å². The van der Waals surface area contributed by atoms with Crippen LogP contribution in [0.3, 0.4) is 0 Å². The molecule has 0 bridgehead atoms. The number of aliphatic imine (C=N–C) groups is 1.